The maximum Gasteiger partial charge on any atom is 0.341 e. The van der Waals surface area contributed by atoms with Crippen molar-refractivity contribution in [2.24, 2.45) is 0 Å². The number of aromatic nitrogens is 1. The molecule has 1 aromatic heterocycles. The van der Waals surface area contributed by atoms with Crippen molar-refractivity contribution in [2.75, 3.05) is 37.0 Å². The predicted octanol–water partition coefficient (Wildman–Crippen LogP) is 4.18. The van der Waals surface area contributed by atoms with Gasteiger partial charge in [0.15, 0.2) is 0 Å². The average Bonchev–Trinajstić information content (AvgIpc) is 3.27. The van der Waals surface area contributed by atoms with Gasteiger partial charge in [-0.25, -0.2) is 9.78 Å². The summed E-state index contributed by atoms with van der Waals surface area (Å²) < 4.78 is 10.4. The van der Waals surface area contributed by atoms with Crippen LogP contribution in [-0.4, -0.2) is 49.0 Å². The van der Waals surface area contributed by atoms with Gasteiger partial charge < -0.3 is 14.4 Å². The number of nitrogens with zero attached hydrogens (tertiary/aromatic N) is 2. The van der Waals surface area contributed by atoms with E-state index in [-0.39, 0.29) is 18.3 Å². The lowest BCUT2D eigenvalue weighted by Gasteiger charge is -2.21. The smallest absolute Gasteiger partial charge is 0.341 e. The number of benzene rings is 1. The Kier molecular flexibility index (Phi) is 7.52. The summed E-state index contributed by atoms with van der Waals surface area (Å²) in [4.78, 5) is 31.8. The number of anilines is 1. The van der Waals surface area contributed by atoms with E-state index in [0.29, 0.717) is 17.2 Å². The standard InChI is InChI=1S/C22H26N2O4S/c1-3-27-19(25)15-29-21-20(22(26)28-4-2)17(16-10-6-5-7-11-16)14-18(23-21)24-12-8-9-13-24/h5-7,10-11,14H,3-4,8-9,12-13,15H2,1-2H3. The van der Waals surface area contributed by atoms with E-state index in [9.17, 15) is 9.59 Å². The second-order valence-corrected chi connectivity index (χ2v) is 7.55. The van der Waals surface area contributed by atoms with Crippen LogP contribution in [0, 0.1) is 0 Å². The summed E-state index contributed by atoms with van der Waals surface area (Å²) in [5, 5.41) is 0.500. The summed E-state index contributed by atoms with van der Waals surface area (Å²) >= 11 is 1.22. The maximum absolute atomic E-state index is 12.9. The van der Waals surface area contributed by atoms with Crippen LogP contribution in [0.5, 0.6) is 0 Å². The van der Waals surface area contributed by atoms with Crippen LogP contribution < -0.4 is 4.90 Å². The summed E-state index contributed by atoms with van der Waals surface area (Å²) in [6, 6.07) is 11.7. The van der Waals surface area contributed by atoms with Crippen LogP contribution in [-0.2, 0) is 14.3 Å². The molecule has 0 spiro atoms. The molecular weight excluding hydrogens is 388 g/mol. The first kappa shape index (κ1) is 21.2. The zero-order valence-corrected chi connectivity index (χ0v) is 17.7. The number of rotatable bonds is 8. The maximum atomic E-state index is 12.9. The number of pyridine rings is 1. The lowest BCUT2D eigenvalue weighted by molar-refractivity contribution is -0.139. The van der Waals surface area contributed by atoms with Gasteiger partial charge in [0.2, 0.25) is 0 Å². The third-order valence-electron chi connectivity index (χ3n) is 4.60. The molecule has 0 saturated carbocycles. The minimum absolute atomic E-state index is 0.0882. The molecule has 6 nitrogen and oxygen atoms in total. The zero-order chi connectivity index (χ0) is 20.6. The van der Waals surface area contributed by atoms with E-state index in [2.05, 4.69) is 4.90 Å². The van der Waals surface area contributed by atoms with E-state index in [1.54, 1.807) is 13.8 Å². The van der Waals surface area contributed by atoms with Gasteiger partial charge in [-0.1, -0.05) is 42.1 Å². The molecule has 0 unspecified atom stereocenters. The Balaban J connectivity index is 2.09. The number of esters is 2. The molecule has 1 saturated heterocycles. The van der Waals surface area contributed by atoms with E-state index < -0.39 is 5.97 Å². The highest BCUT2D eigenvalue weighted by atomic mass is 32.2. The van der Waals surface area contributed by atoms with Crippen LogP contribution in [0.1, 0.15) is 37.0 Å². The lowest BCUT2D eigenvalue weighted by atomic mass is 10.0. The number of hydrogen-bond donors (Lipinski definition) is 0. The Morgan fingerprint density at radius 1 is 1.07 bits per heavy atom. The molecule has 0 aliphatic carbocycles. The van der Waals surface area contributed by atoms with Gasteiger partial charge in [0, 0.05) is 18.7 Å². The highest BCUT2D eigenvalue weighted by Gasteiger charge is 2.25. The van der Waals surface area contributed by atoms with Crippen molar-refractivity contribution < 1.29 is 19.1 Å². The number of carbonyl (C=O) groups is 2. The molecule has 0 N–H and O–H groups in total. The Hall–Kier alpha value is -2.54. The van der Waals surface area contributed by atoms with E-state index in [1.807, 2.05) is 36.4 Å². The lowest BCUT2D eigenvalue weighted by Crippen LogP contribution is -2.21. The summed E-state index contributed by atoms with van der Waals surface area (Å²) in [5.74, 6) is 0.145. The topological polar surface area (TPSA) is 68.7 Å². The fraction of sp³-hybridized carbons (Fsp3) is 0.409. The normalized spacial score (nSPS) is 13.4. The molecule has 1 aliphatic heterocycles. The SMILES string of the molecule is CCOC(=O)CSc1nc(N2CCCC2)cc(-c2ccccc2)c1C(=O)OCC. The molecule has 0 radical (unpaired) electrons. The number of ether oxygens (including phenoxy) is 2. The third kappa shape index (κ3) is 5.29. The van der Waals surface area contributed by atoms with Crippen LogP contribution in [0.2, 0.25) is 0 Å². The summed E-state index contributed by atoms with van der Waals surface area (Å²) in [6.45, 7) is 6.00. The van der Waals surface area contributed by atoms with Gasteiger partial charge in [0.25, 0.3) is 0 Å². The summed E-state index contributed by atoms with van der Waals surface area (Å²) in [7, 11) is 0. The first-order valence-corrected chi connectivity index (χ1v) is 10.9. The van der Waals surface area contributed by atoms with E-state index >= 15 is 0 Å². The van der Waals surface area contributed by atoms with Crippen LogP contribution in [0.15, 0.2) is 41.4 Å². The fourth-order valence-corrected chi connectivity index (χ4v) is 4.13. The highest BCUT2D eigenvalue weighted by molar-refractivity contribution is 8.00. The molecule has 0 bridgehead atoms. The first-order chi connectivity index (χ1) is 14.1. The molecule has 2 aromatic rings. The monoisotopic (exact) mass is 414 g/mol. The second kappa shape index (κ2) is 10.3. The Morgan fingerprint density at radius 2 is 1.76 bits per heavy atom. The largest absolute Gasteiger partial charge is 0.465 e. The molecule has 7 heteroatoms. The van der Waals surface area contributed by atoms with E-state index in [4.69, 9.17) is 14.5 Å². The van der Waals surface area contributed by atoms with Gasteiger partial charge in [0.1, 0.15) is 10.8 Å². The van der Waals surface area contributed by atoms with Gasteiger partial charge in [-0.2, -0.15) is 0 Å². The Morgan fingerprint density at radius 3 is 2.41 bits per heavy atom. The number of hydrogen-bond acceptors (Lipinski definition) is 7. The first-order valence-electron chi connectivity index (χ1n) is 9.95. The van der Waals surface area contributed by atoms with Crippen molar-refractivity contribution in [1.29, 1.82) is 0 Å². The molecule has 2 heterocycles. The predicted molar refractivity (Wildman–Crippen MR) is 114 cm³/mol. The molecule has 0 amide bonds. The van der Waals surface area contributed by atoms with Crippen LogP contribution in [0.25, 0.3) is 11.1 Å². The summed E-state index contributed by atoms with van der Waals surface area (Å²) in [5.41, 5.74) is 2.08. The zero-order valence-electron chi connectivity index (χ0n) is 16.8. The molecule has 0 atom stereocenters. The molecule has 1 fully saturated rings. The Bertz CT molecular complexity index is 851. The minimum atomic E-state index is -0.432. The number of thioether (sulfide) groups is 1. The van der Waals surface area contributed by atoms with Gasteiger partial charge in [-0.05, 0) is 38.3 Å². The van der Waals surface area contributed by atoms with E-state index in [0.717, 1.165) is 42.9 Å². The molecule has 29 heavy (non-hydrogen) atoms. The van der Waals surface area contributed by atoms with Crippen LogP contribution in [0.4, 0.5) is 5.82 Å². The number of carbonyl (C=O) groups excluding carboxylic acids is 2. The molecule has 1 aliphatic rings. The fourth-order valence-electron chi connectivity index (χ4n) is 3.30. The highest BCUT2D eigenvalue weighted by Crippen LogP contribution is 2.35. The quantitative estimate of drug-likeness (QED) is 0.474. The van der Waals surface area contributed by atoms with Gasteiger partial charge in [0.05, 0.1) is 24.5 Å². The second-order valence-electron chi connectivity index (χ2n) is 6.58. The average molecular weight is 415 g/mol. The van der Waals surface area contributed by atoms with Crippen molar-refractivity contribution in [2.45, 2.75) is 31.7 Å². The van der Waals surface area contributed by atoms with Crippen molar-refractivity contribution >= 4 is 29.5 Å². The van der Waals surface area contributed by atoms with Crippen molar-refractivity contribution in [3.63, 3.8) is 0 Å². The Labute approximate surface area is 175 Å². The van der Waals surface area contributed by atoms with Gasteiger partial charge in [-0.15, -0.1) is 0 Å². The van der Waals surface area contributed by atoms with Crippen molar-refractivity contribution in [3.05, 3.63) is 42.0 Å². The molecule has 3 rings (SSSR count). The van der Waals surface area contributed by atoms with Gasteiger partial charge in [-0.3, -0.25) is 4.79 Å². The van der Waals surface area contributed by atoms with Crippen LogP contribution in [0.3, 0.4) is 0 Å². The van der Waals surface area contributed by atoms with Crippen molar-refractivity contribution in [1.82, 2.24) is 4.98 Å². The van der Waals surface area contributed by atoms with Crippen LogP contribution >= 0.6 is 11.8 Å². The minimum Gasteiger partial charge on any atom is -0.465 e. The molecule has 1 aromatic carbocycles. The van der Waals surface area contributed by atoms with Crippen molar-refractivity contribution in [3.8, 4) is 11.1 Å². The molecular formula is C22H26N2O4S. The van der Waals surface area contributed by atoms with Gasteiger partial charge >= 0.3 is 11.9 Å². The molecule has 154 valence electrons. The third-order valence-corrected chi connectivity index (χ3v) is 5.55. The summed E-state index contributed by atoms with van der Waals surface area (Å²) in [6.07, 6.45) is 2.24. The van der Waals surface area contributed by atoms with E-state index in [1.165, 1.54) is 11.8 Å².